The van der Waals surface area contributed by atoms with Crippen molar-refractivity contribution in [3.05, 3.63) is 59.5 Å². The first-order chi connectivity index (χ1) is 18.9. The Kier molecular flexibility index (Phi) is 6.76. The lowest BCUT2D eigenvalue weighted by atomic mass is 10.0. The molecule has 3 amide bonds. The van der Waals surface area contributed by atoms with Crippen molar-refractivity contribution in [3.8, 4) is 11.3 Å². The van der Waals surface area contributed by atoms with Gasteiger partial charge in [0, 0.05) is 43.4 Å². The smallest absolute Gasteiger partial charge is 0.251 e. The Balaban J connectivity index is 1.12. The van der Waals surface area contributed by atoms with Crippen molar-refractivity contribution in [2.24, 2.45) is 0 Å². The van der Waals surface area contributed by atoms with Gasteiger partial charge in [0.1, 0.15) is 12.0 Å². The van der Waals surface area contributed by atoms with Crippen LogP contribution in [0, 0.1) is 5.82 Å². The van der Waals surface area contributed by atoms with E-state index in [0.717, 1.165) is 15.8 Å². The van der Waals surface area contributed by atoms with Crippen molar-refractivity contribution in [1.82, 2.24) is 24.9 Å². The number of thiazole rings is 1. The van der Waals surface area contributed by atoms with Crippen LogP contribution in [0.15, 0.2) is 42.6 Å². The Labute approximate surface area is 227 Å². The second-order valence-corrected chi connectivity index (χ2v) is 11.1. The van der Waals surface area contributed by atoms with Gasteiger partial charge in [0.15, 0.2) is 4.96 Å². The lowest BCUT2D eigenvalue weighted by molar-refractivity contribution is -0.135. The molecule has 39 heavy (non-hydrogen) atoms. The first-order valence-electron chi connectivity index (χ1n) is 13.1. The van der Waals surface area contributed by atoms with Crippen molar-refractivity contribution in [1.29, 1.82) is 0 Å². The summed E-state index contributed by atoms with van der Waals surface area (Å²) < 4.78 is 31.1. The van der Waals surface area contributed by atoms with Crippen LogP contribution in [0.2, 0.25) is 0 Å². The molecule has 4 heterocycles. The normalized spacial score (nSPS) is 19.7. The number of amides is 3. The standard InChI is InChI=1S/C28H27F2N5O3S/c29-18-8-11-34(26(37)14-18)10-1-9-31-27(38)17-3-6-23-24(13-17)39-28-33-22(15-35(23)28)19-4-2-16(12-20(19)30)21-5-7-25(36)32-21/h2-4,6,12-13,15,18,21H,1,5,7-11,14H2,(H,31,38)(H,32,36)/t18?,21-/m1/s1. The Morgan fingerprint density at radius 1 is 1.18 bits per heavy atom. The van der Waals surface area contributed by atoms with Crippen LogP contribution in [0.5, 0.6) is 0 Å². The van der Waals surface area contributed by atoms with E-state index in [0.29, 0.717) is 67.1 Å². The van der Waals surface area contributed by atoms with Crippen LogP contribution in [0.1, 0.15) is 54.1 Å². The molecule has 0 radical (unpaired) electrons. The molecule has 11 heteroatoms. The van der Waals surface area contributed by atoms with E-state index in [-0.39, 0.29) is 36.0 Å². The molecular formula is C28H27F2N5O3S. The Morgan fingerprint density at radius 3 is 2.82 bits per heavy atom. The first-order valence-corrected chi connectivity index (χ1v) is 13.9. The molecule has 0 aliphatic carbocycles. The zero-order valence-corrected chi connectivity index (χ0v) is 21.9. The number of aromatic nitrogens is 2. The van der Waals surface area contributed by atoms with Gasteiger partial charge in [0.2, 0.25) is 11.8 Å². The average Bonchev–Trinajstić information content (AvgIpc) is 3.61. The second kappa shape index (κ2) is 10.4. The van der Waals surface area contributed by atoms with Crippen LogP contribution in [0.3, 0.4) is 0 Å². The maximum atomic E-state index is 15.0. The summed E-state index contributed by atoms with van der Waals surface area (Å²) in [6.07, 6.45) is 2.76. The number of piperidine rings is 1. The monoisotopic (exact) mass is 551 g/mol. The molecule has 0 bridgehead atoms. The molecule has 0 saturated carbocycles. The van der Waals surface area contributed by atoms with Gasteiger partial charge in [-0.15, -0.1) is 0 Å². The number of rotatable bonds is 7. The van der Waals surface area contributed by atoms with Gasteiger partial charge in [-0.1, -0.05) is 17.4 Å². The number of nitrogens with one attached hydrogen (secondary N) is 2. The van der Waals surface area contributed by atoms with Gasteiger partial charge in [0.25, 0.3) is 5.91 Å². The molecule has 6 rings (SSSR count). The van der Waals surface area contributed by atoms with Crippen molar-refractivity contribution in [3.63, 3.8) is 0 Å². The summed E-state index contributed by atoms with van der Waals surface area (Å²) in [5.41, 5.74) is 3.03. The molecule has 0 spiro atoms. The fourth-order valence-corrected chi connectivity index (χ4v) is 6.29. The molecule has 1 unspecified atom stereocenters. The molecule has 202 valence electrons. The van der Waals surface area contributed by atoms with Crippen molar-refractivity contribution >= 4 is 44.2 Å². The molecule has 8 nitrogen and oxygen atoms in total. The van der Waals surface area contributed by atoms with Gasteiger partial charge in [0.05, 0.1) is 28.4 Å². The summed E-state index contributed by atoms with van der Waals surface area (Å²) in [4.78, 5) is 43.0. The van der Waals surface area contributed by atoms with Crippen molar-refractivity contribution in [2.45, 2.75) is 44.3 Å². The molecule has 2 aromatic carbocycles. The van der Waals surface area contributed by atoms with Crippen molar-refractivity contribution < 1.29 is 23.2 Å². The van der Waals surface area contributed by atoms with Crippen LogP contribution in [-0.4, -0.2) is 57.8 Å². The number of benzene rings is 2. The maximum absolute atomic E-state index is 15.0. The summed E-state index contributed by atoms with van der Waals surface area (Å²) in [7, 11) is 0. The fourth-order valence-electron chi connectivity index (χ4n) is 5.24. The minimum absolute atomic E-state index is 0.0182. The first kappa shape index (κ1) is 25.4. The predicted molar refractivity (Wildman–Crippen MR) is 144 cm³/mol. The lowest BCUT2D eigenvalue weighted by Gasteiger charge is -2.28. The van der Waals surface area contributed by atoms with Crippen LogP contribution < -0.4 is 10.6 Å². The van der Waals surface area contributed by atoms with Gasteiger partial charge >= 0.3 is 0 Å². The number of hydrogen-bond donors (Lipinski definition) is 2. The number of carbonyl (C=O) groups excluding carboxylic acids is 3. The topological polar surface area (TPSA) is 95.8 Å². The largest absolute Gasteiger partial charge is 0.352 e. The fraction of sp³-hybridized carbons (Fsp3) is 0.357. The highest BCUT2D eigenvalue weighted by molar-refractivity contribution is 7.23. The number of hydrogen-bond acceptors (Lipinski definition) is 5. The van der Waals surface area contributed by atoms with E-state index in [4.69, 9.17) is 0 Å². The van der Waals surface area contributed by atoms with Crippen LogP contribution >= 0.6 is 11.3 Å². The Hall–Kier alpha value is -3.86. The maximum Gasteiger partial charge on any atom is 0.251 e. The second-order valence-electron chi connectivity index (χ2n) is 10.0. The molecule has 2 saturated heterocycles. The highest BCUT2D eigenvalue weighted by atomic mass is 32.1. The Morgan fingerprint density at radius 2 is 2.05 bits per heavy atom. The third-order valence-electron chi connectivity index (χ3n) is 7.37. The van der Waals surface area contributed by atoms with Gasteiger partial charge in [-0.25, -0.2) is 13.8 Å². The predicted octanol–water partition coefficient (Wildman–Crippen LogP) is 4.39. The van der Waals surface area contributed by atoms with E-state index in [9.17, 15) is 18.8 Å². The SMILES string of the molecule is O=C1CC[C@H](c2ccc(-c3cn4c(n3)sc3cc(C(=O)NCCCN5CCC(F)CC5=O)ccc34)c(F)c2)N1. The number of alkyl halides is 1. The minimum atomic E-state index is -1.05. The summed E-state index contributed by atoms with van der Waals surface area (Å²) in [5.74, 6) is -0.789. The van der Waals surface area contributed by atoms with E-state index in [1.165, 1.54) is 17.4 Å². The van der Waals surface area contributed by atoms with E-state index in [1.807, 2.05) is 22.6 Å². The molecule has 2 fully saturated rings. The van der Waals surface area contributed by atoms with Gasteiger partial charge in [-0.3, -0.25) is 18.8 Å². The molecule has 2 aliphatic rings. The van der Waals surface area contributed by atoms with E-state index in [2.05, 4.69) is 15.6 Å². The number of carbonyl (C=O) groups is 3. The van der Waals surface area contributed by atoms with Crippen LogP contribution in [0.4, 0.5) is 8.78 Å². The molecule has 4 aromatic rings. The minimum Gasteiger partial charge on any atom is -0.352 e. The molecule has 2 N–H and O–H groups in total. The highest BCUT2D eigenvalue weighted by Gasteiger charge is 2.25. The van der Waals surface area contributed by atoms with Gasteiger partial charge in [-0.05, 0) is 55.2 Å². The van der Waals surface area contributed by atoms with E-state index in [1.54, 1.807) is 23.2 Å². The van der Waals surface area contributed by atoms with E-state index < -0.39 is 6.17 Å². The zero-order valence-electron chi connectivity index (χ0n) is 21.1. The van der Waals surface area contributed by atoms with Gasteiger partial charge < -0.3 is 15.5 Å². The van der Waals surface area contributed by atoms with Gasteiger partial charge in [-0.2, -0.15) is 0 Å². The molecule has 2 aliphatic heterocycles. The third-order valence-corrected chi connectivity index (χ3v) is 8.39. The summed E-state index contributed by atoms with van der Waals surface area (Å²) in [6.45, 7) is 1.33. The number of imidazole rings is 1. The molecule has 2 atom stereocenters. The number of nitrogens with zero attached hydrogens (tertiary/aromatic N) is 3. The lowest BCUT2D eigenvalue weighted by Crippen LogP contribution is -2.41. The average molecular weight is 552 g/mol. The molecule has 2 aromatic heterocycles. The number of likely N-dealkylation sites (tertiary alicyclic amines) is 1. The Bertz CT molecular complexity index is 1600. The van der Waals surface area contributed by atoms with Crippen LogP contribution in [0.25, 0.3) is 26.4 Å². The number of fused-ring (bicyclic) bond motifs is 3. The third kappa shape index (κ3) is 5.10. The van der Waals surface area contributed by atoms with E-state index >= 15 is 4.39 Å². The highest BCUT2D eigenvalue weighted by Crippen LogP contribution is 2.33. The number of halogens is 2. The van der Waals surface area contributed by atoms with Crippen molar-refractivity contribution in [2.75, 3.05) is 19.6 Å². The summed E-state index contributed by atoms with van der Waals surface area (Å²) in [5, 5.41) is 5.74. The summed E-state index contributed by atoms with van der Waals surface area (Å²) in [6, 6.07) is 10.2. The summed E-state index contributed by atoms with van der Waals surface area (Å²) >= 11 is 1.41. The quantitative estimate of drug-likeness (QED) is 0.333. The zero-order chi connectivity index (χ0) is 27.1. The molecular weight excluding hydrogens is 524 g/mol. The van der Waals surface area contributed by atoms with Crippen LogP contribution in [-0.2, 0) is 9.59 Å².